The number of carbonyl (C=O) groups excluding carboxylic acids is 1. The number of benzene rings is 2. The van der Waals surface area contributed by atoms with E-state index < -0.39 is 9.84 Å². The van der Waals surface area contributed by atoms with Crippen LogP contribution in [-0.2, 0) is 14.6 Å². The van der Waals surface area contributed by atoms with Crippen molar-refractivity contribution in [3.8, 4) is 0 Å². The number of aryl methyl sites for hydroxylation is 2. The zero-order chi connectivity index (χ0) is 22.1. The molecule has 158 valence electrons. The highest BCUT2D eigenvalue weighted by atomic mass is 32.2. The number of hydrogen-bond donors (Lipinski definition) is 1. The van der Waals surface area contributed by atoms with E-state index >= 15 is 0 Å². The largest absolute Gasteiger partial charge is 0.325 e. The summed E-state index contributed by atoms with van der Waals surface area (Å²) in [6.07, 6.45) is 0. The van der Waals surface area contributed by atoms with Gasteiger partial charge in [-0.05, 0) is 50.2 Å². The van der Waals surface area contributed by atoms with Gasteiger partial charge in [-0.2, -0.15) is 0 Å². The number of thioether (sulfide) groups is 1. The zero-order valence-corrected chi connectivity index (χ0v) is 18.5. The molecular formula is C22H25N3O3S2. The lowest BCUT2D eigenvalue weighted by Crippen LogP contribution is -2.15. The molecule has 0 fully saturated rings. The molecule has 1 aromatic heterocycles. The second kappa shape index (κ2) is 10.7. The number of hydrogen-bond acceptors (Lipinski definition) is 6. The molecule has 1 N–H and O–H groups in total. The SMILES string of the molecule is C=C.Cc1cc(C)nc(SCC(=O)Nc2cccc(S(=O)(=O)c3ccccc3)c2)n1.[HH]. The van der Waals surface area contributed by atoms with Crippen LogP contribution in [0.3, 0.4) is 0 Å². The predicted molar refractivity (Wildman–Crippen MR) is 123 cm³/mol. The fraction of sp³-hybridized carbons (Fsp3) is 0.136. The predicted octanol–water partition coefficient (Wildman–Crippen LogP) is 4.71. The summed E-state index contributed by atoms with van der Waals surface area (Å²) in [6, 6.07) is 16.3. The molecule has 0 bridgehead atoms. The first-order chi connectivity index (χ1) is 14.3. The van der Waals surface area contributed by atoms with E-state index in [1.165, 1.54) is 23.9 Å². The van der Waals surface area contributed by atoms with Crippen molar-refractivity contribution in [2.24, 2.45) is 0 Å². The van der Waals surface area contributed by atoms with Crippen LogP contribution in [0.15, 0.2) is 88.8 Å². The van der Waals surface area contributed by atoms with Crippen molar-refractivity contribution in [1.82, 2.24) is 9.97 Å². The number of nitrogens with one attached hydrogen (secondary N) is 1. The smallest absolute Gasteiger partial charge is 0.234 e. The Morgan fingerprint density at radius 2 is 1.57 bits per heavy atom. The Hall–Kier alpha value is -2.97. The molecule has 1 amide bonds. The van der Waals surface area contributed by atoms with Gasteiger partial charge in [-0.1, -0.05) is 36.0 Å². The summed E-state index contributed by atoms with van der Waals surface area (Å²) in [7, 11) is -3.64. The molecule has 0 saturated heterocycles. The van der Waals surface area contributed by atoms with Crippen molar-refractivity contribution in [3.63, 3.8) is 0 Å². The van der Waals surface area contributed by atoms with E-state index in [0.717, 1.165) is 11.4 Å². The van der Waals surface area contributed by atoms with Crippen LogP contribution >= 0.6 is 11.8 Å². The number of rotatable bonds is 6. The van der Waals surface area contributed by atoms with Crippen LogP contribution in [-0.4, -0.2) is 30.0 Å². The lowest BCUT2D eigenvalue weighted by atomic mass is 10.3. The van der Waals surface area contributed by atoms with Crippen LogP contribution < -0.4 is 5.32 Å². The highest BCUT2D eigenvalue weighted by Crippen LogP contribution is 2.23. The zero-order valence-electron chi connectivity index (χ0n) is 16.8. The average molecular weight is 444 g/mol. The first-order valence-electron chi connectivity index (χ1n) is 9.00. The Labute approximate surface area is 182 Å². The lowest BCUT2D eigenvalue weighted by Gasteiger charge is -2.09. The maximum Gasteiger partial charge on any atom is 0.234 e. The number of aromatic nitrogens is 2. The number of carbonyl (C=O) groups is 1. The summed E-state index contributed by atoms with van der Waals surface area (Å²) in [5.41, 5.74) is 2.10. The van der Waals surface area contributed by atoms with Gasteiger partial charge in [-0.15, -0.1) is 13.2 Å². The van der Waals surface area contributed by atoms with Crippen LogP contribution in [0.5, 0.6) is 0 Å². The minimum atomic E-state index is -3.64. The fourth-order valence-electron chi connectivity index (χ4n) is 2.56. The van der Waals surface area contributed by atoms with Gasteiger partial charge in [0.2, 0.25) is 15.7 Å². The number of amides is 1. The van der Waals surface area contributed by atoms with E-state index in [1.807, 2.05) is 19.9 Å². The van der Waals surface area contributed by atoms with Gasteiger partial charge in [0.1, 0.15) is 0 Å². The molecule has 6 nitrogen and oxygen atoms in total. The number of anilines is 1. The van der Waals surface area contributed by atoms with Gasteiger partial charge in [-0.3, -0.25) is 4.79 Å². The van der Waals surface area contributed by atoms with Gasteiger partial charge >= 0.3 is 0 Å². The second-order valence-electron chi connectivity index (χ2n) is 6.11. The van der Waals surface area contributed by atoms with Crippen molar-refractivity contribution < 1.29 is 14.6 Å². The number of nitrogens with zero attached hydrogens (tertiary/aromatic N) is 2. The van der Waals surface area contributed by atoms with Crippen molar-refractivity contribution in [3.05, 3.63) is 85.2 Å². The first kappa shape index (κ1) is 23.3. The second-order valence-corrected chi connectivity index (χ2v) is 9.01. The molecule has 0 aliphatic heterocycles. The molecule has 0 aliphatic carbocycles. The Morgan fingerprint density at radius 1 is 0.967 bits per heavy atom. The molecule has 3 aromatic rings. The molecule has 0 spiro atoms. The topological polar surface area (TPSA) is 89.0 Å². The van der Waals surface area contributed by atoms with E-state index in [1.54, 1.807) is 42.5 Å². The molecule has 0 aliphatic rings. The maximum atomic E-state index is 12.7. The fourth-order valence-corrected chi connectivity index (χ4v) is 4.64. The molecule has 30 heavy (non-hydrogen) atoms. The molecule has 0 unspecified atom stereocenters. The van der Waals surface area contributed by atoms with E-state index in [0.29, 0.717) is 10.8 Å². The summed E-state index contributed by atoms with van der Waals surface area (Å²) in [6.45, 7) is 9.75. The van der Waals surface area contributed by atoms with Gasteiger partial charge in [0, 0.05) is 18.5 Å². The minimum absolute atomic E-state index is 0. The Morgan fingerprint density at radius 3 is 2.20 bits per heavy atom. The molecule has 3 rings (SSSR count). The van der Waals surface area contributed by atoms with Crippen LogP contribution in [0.4, 0.5) is 5.69 Å². The normalized spacial score (nSPS) is 10.6. The van der Waals surface area contributed by atoms with Gasteiger partial charge < -0.3 is 5.32 Å². The molecule has 2 aromatic carbocycles. The van der Waals surface area contributed by atoms with Crippen LogP contribution in [0.1, 0.15) is 12.8 Å². The van der Waals surface area contributed by atoms with Crippen molar-refractivity contribution in [2.75, 3.05) is 11.1 Å². The molecular weight excluding hydrogens is 418 g/mol. The van der Waals surface area contributed by atoms with E-state index in [9.17, 15) is 13.2 Å². The Balaban J connectivity index is 0.00000156. The summed E-state index contributed by atoms with van der Waals surface area (Å²) in [5, 5.41) is 3.26. The van der Waals surface area contributed by atoms with Crippen LogP contribution in [0.2, 0.25) is 0 Å². The van der Waals surface area contributed by atoms with Gasteiger partial charge in [0.15, 0.2) is 5.16 Å². The summed E-state index contributed by atoms with van der Waals surface area (Å²) in [4.78, 5) is 21.2. The molecule has 8 heteroatoms. The van der Waals surface area contributed by atoms with E-state index in [2.05, 4.69) is 28.4 Å². The molecule has 0 saturated carbocycles. The van der Waals surface area contributed by atoms with Crippen LogP contribution in [0, 0.1) is 13.8 Å². The highest BCUT2D eigenvalue weighted by molar-refractivity contribution is 7.99. The minimum Gasteiger partial charge on any atom is -0.325 e. The summed E-state index contributed by atoms with van der Waals surface area (Å²) >= 11 is 1.23. The van der Waals surface area contributed by atoms with Crippen LogP contribution in [0.25, 0.3) is 0 Å². The Bertz CT molecular complexity index is 1100. The highest BCUT2D eigenvalue weighted by Gasteiger charge is 2.18. The monoisotopic (exact) mass is 443 g/mol. The lowest BCUT2D eigenvalue weighted by molar-refractivity contribution is -0.113. The van der Waals surface area contributed by atoms with Crippen molar-refractivity contribution in [1.29, 1.82) is 0 Å². The van der Waals surface area contributed by atoms with Crippen molar-refractivity contribution >= 4 is 33.2 Å². The third kappa shape index (κ3) is 6.27. The van der Waals surface area contributed by atoms with Gasteiger partial charge in [-0.25, -0.2) is 18.4 Å². The van der Waals surface area contributed by atoms with Gasteiger partial charge in [0.05, 0.1) is 15.5 Å². The molecule has 0 radical (unpaired) electrons. The Kier molecular flexibility index (Phi) is 8.32. The third-order valence-corrected chi connectivity index (χ3v) is 6.39. The quantitative estimate of drug-likeness (QED) is 0.337. The van der Waals surface area contributed by atoms with E-state index in [4.69, 9.17) is 0 Å². The van der Waals surface area contributed by atoms with E-state index in [-0.39, 0.29) is 22.9 Å². The summed E-state index contributed by atoms with van der Waals surface area (Å²) in [5.74, 6) is -0.138. The maximum absolute atomic E-state index is 12.7. The van der Waals surface area contributed by atoms with Crippen molar-refractivity contribution in [2.45, 2.75) is 28.8 Å². The molecule has 0 atom stereocenters. The molecule has 1 heterocycles. The summed E-state index contributed by atoms with van der Waals surface area (Å²) < 4.78 is 25.4. The third-order valence-electron chi connectivity index (χ3n) is 3.78. The average Bonchev–Trinajstić information content (AvgIpc) is 2.74. The van der Waals surface area contributed by atoms with Gasteiger partial charge in [0.25, 0.3) is 0 Å². The number of sulfone groups is 1. The first-order valence-corrected chi connectivity index (χ1v) is 11.5. The standard InChI is InChI=1S/C20H19N3O3S2.C2H4.H2/c1-14-11-15(2)22-20(21-14)27-13-19(24)23-16-7-6-10-18(12-16)28(25,26)17-8-4-3-5-9-17;1-2;/h3-12H,13H2,1-2H3,(H,23,24);1-2H2;1H.